The predicted molar refractivity (Wildman–Crippen MR) is 90.1 cm³/mol. The summed E-state index contributed by atoms with van der Waals surface area (Å²) in [5, 5.41) is 0. The van der Waals surface area contributed by atoms with E-state index in [0.717, 1.165) is 11.3 Å². The second kappa shape index (κ2) is 7.00. The molecule has 4 heteroatoms. The van der Waals surface area contributed by atoms with Gasteiger partial charge in [-0.15, -0.1) is 0 Å². The third-order valence-corrected chi connectivity index (χ3v) is 3.46. The fraction of sp³-hybridized carbons (Fsp3) is 0.222. The lowest BCUT2D eigenvalue weighted by atomic mass is 10.1. The van der Waals surface area contributed by atoms with Gasteiger partial charge >= 0.3 is 0 Å². The van der Waals surface area contributed by atoms with Gasteiger partial charge in [0.05, 0.1) is 23.6 Å². The number of hydrogen-bond acceptors (Lipinski definition) is 3. The summed E-state index contributed by atoms with van der Waals surface area (Å²) in [7, 11) is 1.63. The number of rotatable bonds is 6. The van der Waals surface area contributed by atoms with Gasteiger partial charge in [0.15, 0.2) is 0 Å². The van der Waals surface area contributed by atoms with E-state index in [2.05, 4.69) is 18.1 Å². The second-order valence-corrected chi connectivity index (χ2v) is 4.79. The van der Waals surface area contributed by atoms with Crippen LogP contribution in [0.1, 0.15) is 29.6 Å². The van der Waals surface area contributed by atoms with Gasteiger partial charge in [0, 0.05) is 19.1 Å². The first-order valence-corrected chi connectivity index (χ1v) is 7.15. The maximum Gasteiger partial charge on any atom is 0.265 e. The lowest BCUT2D eigenvalue weighted by molar-refractivity contribution is 0.184. The Bertz CT molecular complexity index is 760. The summed E-state index contributed by atoms with van der Waals surface area (Å²) in [6.45, 7) is 9.85. The average molecular weight is 296 g/mol. The van der Waals surface area contributed by atoms with Crippen molar-refractivity contribution in [1.82, 2.24) is 9.55 Å². The third-order valence-electron chi connectivity index (χ3n) is 3.46. The van der Waals surface area contributed by atoms with E-state index in [1.807, 2.05) is 31.2 Å². The average Bonchev–Trinajstić information content (AvgIpc) is 2.55. The van der Waals surface area contributed by atoms with Crippen molar-refractivity contribution >= 4 is 12.2 Å². The first-order chi connectivity index (χ1) is 10.7. The van der Waals surface area contributed by atoms with Gasteiger partial charge in [-0.05, 0) is 12.1 Å². The zero-order chi connectivity index (χ0) is 16.1. The van der Waals surface area contributed by atoms with Gasteiger partial charge in [-0.1, -0.05) is 44.4 Å². The molecule has 1 aromatic heterocycles. The SMILES string of the molecule is C=Cc1nc(CC)n(-c2ccccc2COC)c(=O)c1C=C. The quantitative estimate of drug-likeness (QED) is 0.822. The number of aryl methyl sites for hydroxylation is 1. The molecule has 2 rings (SSSR count). The Morgan fingerprint density at radius 3 is 2.59 bits per heavy atom. The van der Waals surface area contributed by atoms with Crippen molar-refractivity contribution in [3.05, 3.63) is 70.4 Å². The van der Waals surface area contributed by atoms with Gasteiger partial charge in [0.1, 0.15) is 5.82 Å². The third kappa shape index (κ3) is 2.78. The van der Waals surface area contributed by atoms with Crippen LogP contribution in [0.15, 0.2) is 42.2 Å². The number of ether oxygens (including phenoxy) is 1. The number of benzene rings is 1. The molecule has 0 amide bonds. The van der Waals surface area contributed by atoms with Crippen molar-refractivity contribution in [2.45, 2.75) is 20.0 Å². The van der Waals surface area contributed by atoms with Crippen LogP contribution in [-0.2, 0) is 17.8 Å². The van der Waals surface area contributed by atoms with Crippen molar-refractivity contribution in [1.29, 1.82) is 0 Å². The molecule has 2 aromatic rings. The molecule has 0 unspecified atom stereocenters. The van der Waals surface area contributed by atoms with E-state index in [4.69, 9.17) is 4.74 Å². The lowest BCUT2D eigenvalue weighted by Gasteiger charge is -2.16. The number of nitrogens with zero attached hydrogens (tertiary/aromatic N) is 2. The highest BCUT2D eigenvalue weighted by atomic mass is 16.5. The molecule has 0 radical (unpaired) electrons. The molecule has 0 saturated heterocycles. The zero-order valence-electron chi connectivity index (χ0n) is 13.0. The van der Waals surface area contributed by atoms with Gasteiger partial charge in [-0.3, -0.25) is 9.36 Å². The van der Waals surface area contributed by atoms with E-state index in [-0.39, 0.29) is 5.56 Å². The largest absolute Gasteiger partial charge is 0.380 e. The van der Waals surface area contributed by atoms with E-state index in [9.17, 15) is 4.79 Å². The molecule has 0 aliphatic heterocycles. The van der Waals surface area contributed by atoms with Crippen LogP contribution in [0, 0.1) is 0 Å². The Morgan fingerprint density at radius 2 is 2.00 bits per heavy atom. The second-order valence-electron chi connectivity index (χ2n) is 4.79. The Kier molecular flexibility index (Phi) is 5.07. The molecule has 0 spiro atoms. The van der Waals surface area contributed by atoms with E-state index in [1.165, 1.54) is 6.08 Å². The van der Waals surface area contributed by atoms with Crippen molar-refractivity contribution in [3.63, 3.8) is 0 Å². The summed E-state index contributed by atoms with van der Waals surface area (Å²) >= 11 is 0. The molecular formula is C18H20N2O2. The molecule has 0 saturated carbocycles. The fourth-order valence-electron chi connectivity index (χ4n) is 2.44. The molecule has 1 heterocycles. The van der Waals surface area contributed by atoms with Crippen LogP contribution >= 0.6 is 0 Å². The van der Waals surface area contributed by atoms with Crippen molar-refractivity contribution < 1.29 is 4.74 Å². The number of para-hydroxylation sites is 1. The molecule has 0 atom stereocenters. The minimum atomic E-state index is -0.139. The van der Waals surface area contributed by atoms with Crippen LogP contribution in [0.5, 0.6) is 0 Å². The van der Waals surface area contributed by atoms with Crippen LogP contribution < -0.4 is 5.56 Å². The van der Waals surface area contributed by atoms with Crippen LogP contribution in [0.2, 0.25) is 0 Å². The van der Waals surface area contributed by atoms with Gasteiger partial charge in [-0.25, -0.2) is 4.98 Å². The zero-order valence-corrected chi connectivity index (χ0v) is 13.0. The van der Waals surface area contributed by atoms with Crippen LogP contribution in [0.25, 0.3) is 17.8 Å². The Balaban J connectivity index is 2.83. The highest BCUT2D eigenvalue weighted by Gasteiger charge is 2.15. The normalized spacial score (nSPS) is 10.5. The van der Waals surface area contributed by atoms with Gasteiger partial charge in [0.2, 0.25) is 0 Å². The molecule has 0 N–H and O–H groups in total. The first-order valence-electron chi connectivity index (χ1n) is 7.15. The molecule has 0 aliphatic rings. The summed E-state index contributed by atoms with van der Waals surface area (Å²) in [6.07, 6.45) is 3.75. The van der Waals surface area contributed by atoms with Gasteiger partial charge in [0.25, 0.3) is 5.56 Å². The van der Waals surface area contributed by atoms with Gasteiger partial charge in [-0.2, -0.15) is 0 Å². The van der Waals surface area contributed by atoms with E-state index in [1.54, 1.807) is 17.8 Å². The highest BCUT2D eigenvalue weighted by molar-refractivity contribution is 5.60. The van der Waals surface area contributed by atoms with Crippen LogP contribution in [0.3, 0.4) is 0 Å². The Hall–Kier alpha value is -2.46. The molecule has 4 nitrogen and oxygen atoms in total. The minimum Gasteiger partial charge on any atom is -0.380 e. The predicted octanol–water partition coefficient (Wildman–Crippen LogP) is 3.23. The van der Waals surface area contributed by atoms with E-state index >= 15 is 0 Å². The molecule has 0 aliphatic carbocycles. The Labute approximate surface area is 130 Å². The van der Waals surface area contributed by atoms with Crippen LogP contribution in [0.4, 0.5) is 0 Å². The van der Waals surface area contributed by atoms with Crippen molar-refractivity contribution in [2.24, 2.45) is 0 Å². The Morgan fingerprint density at radius 1 is 1.27 bits per heavy atom. The highest BCUT2D eigenvalue weighted by Crippen LogP contribution is 2.17. The van der Waals surface area contributed by atoms with Gasteiger partial charge < -0.3 is 4.74 Å². The summed E-state index contributed by atoms with van der Waals surface area (Å²) < 4.78 is 6.87. The molecule has 114 valence electrons. The molecule has 1 aromatic carbocycles. The first kappa shape index (κ1) is 15.9. The molecule has 22 heavy (non-hydrogen) atoms. The molecule has 0 fully saturated rings. The summed E-state index contributed by atoms with van der Waals surface area (Å²) in [5.41, 5.74) is 2.61. The fourth-order valence-corrected chi connectivity index (χ4v) is 2.44. The summed E-state index contributed by atoms with van der Waals surface area (Å²) in [4.78, 5) is 17.4. The standard InChI is InChI=1S/C18H20N2O2/c1-5-14-15(6-2)19-17(7-3)20(18(14)21)16-11-9-8-10-13(16)12-22-4/h5-6,8-11H,1-2,7,12H2,3-4H3. The van der Waals surface area contributed by atoms with E-state index < -0.39 is 0 Å². The monoisotopic (exact) mass is 296 g/mol. The number of aromatic nitrogens is 2. The number of methoxy groups -OCH3 is 1. The molecular weight excluding hydrogens is 276 g/mol. The smallest absolute Gasteiger partial charge is 0.265 e. The summed E-state index contributed by atoms with van der Waals surface area (Å²) in [5.74, 6) is 0.689. The van der Waals surface area contributed by atoms with Crippen molar-refractivity contribution in [2.75, 3.05) is 7.11 Å². The minimum absolute atomic E-state index is 0.139. The van der Waals surface area contributed by atoms with Crippen molar-refractivity contribution in [3.8, 4) is 5.69 Å². The lowest BCUT2D eigenvalue weighted by Crippen LogP contribution is -2.27. The summed E-state index contributed by atoms with van der Waals surface area (Å²) in [6, 6.07) is 7.67. The van der Waals surface area contributed by atoms with E-state index in [0.29, 0.717) is 30.1 Å². The van der Waals surface area contributed by atoms with Crippen LogP contribution in [-0.4, -0.2) is 16.7 Å². The molecule has 0 bridgehead atoms. The topological polar surface area (TPSA) is 44.1 Å². The maximum absolute atomic E-state index is 12.9. The maximum atomic E-state index is 12.9. The number of hydrogen-bond donors (Lipinski definition) is 0.